The van der Waals surface area contributed by atoms with E-state index in [1.54, 1.807) is 0 Å². The van der Waals surface area contributed by atoms with Gasteiger partial charge in [0, 0.05) is 12.2 Å². The Labute approximate surface area is 101 Å². The van der Waals surface area contributed by atoms with Crippen molar-refractivity contribution in [1.82, 2.24) is 4.98 Å². The quantitative estimate of drug-likeness (QED) is 0.838. The van der Waals surface area contributed by atoms with Gasteiger partial charge >= 0.3 is 12.3 Å². The van der Waals surface area contributed by atoms with Crippen molar-refractivity contribution in [3.8, 4) is 5.75 Å². The summed E-state index contributed by atoms with van der Waals surface area (Å²) in [7, 11) is 1.04. The van der Waals surface area contributed by atoms with Crippen LogP contribution in [0.5, 0.6) is 5.75 Å². The zero-order valence-corrected chi connectivity index (χ0v) is 9.67. The van der Waals surface area contributed by atoms with Gasteiger partial charge in [0.15, 0.2) is 11.4 Å². The van der Waals surface area contributed by atoms with Crippen molar-refractivity contribution in [3.63, 3.8) is 0 Å². The molecule has 0 amide bonds. The summed E-state index contributed by atoms with van der Waals surface area (Å²) in [6.07, 6.45) is -4.93. The smallest absolute Gasteiger partial charge is 0.464 e. The van der Waals surface area contributed by atoms with E-state index in [0.29, 0.717) is 11.3 Å². The average Bonchev–Trinajstić information content (AvgIpc) is 2.28. The average molecular weight is 264 g/mol. The van der Waals surface area contributed by atoms with Gasteiger partial charge in [0.25, 0.3) is 0 Å². The van der Waals surface area contributed by atoms with Gasteiger partial charge in [0.2, 0.25) is 0 Å². The highest BCUT2D eigenvalue weighted by Crippen LogP contribution is 2.27. The number of aromatic nitrogens is 1. The first-order valence-electron chi connectivity index (χ1n) is 4.83. The first kappa shape index (κ1) is 14.2. The summed E-state index contributed by atoms with van der Waals surface area (Å²) < 4.78 is 44.6. The summed E-state index contributed by atoms with van der Waals surface area (Å²) in [5, 5.41) is 0. The SMILES string of the molecule is COC(=O)c1nc(C)c(CN)cc1OC(F)(F)F. The Bertz CT molecular complexity index is 460. The highest BCUT2D eigenvalue weighted by Gasteiger charge is 2.34. The van der Waals surface area contributed by atoms with Gasteiger partial charge in [-0.15, -0.1) is 13.2 Å². The van der Waals surface area contributed by atoms with Crippen LogP contribution in [0.4, 0.5) is 13.2 Å². The van der Waals surface area contributed by atoms with Crippen molar-refractivity contribution in [2.45, 2.75) is 19.8 Å². The van der Waals surface area contributed by atoms with Crippen LogP contribution in [-0.2, 0) is 11.3 Å². The fourth-order valence-electron chi connectivity index (χ4n) is 1.28. The number of nitrogens with two attached hydrogens (primary N) is 1. The van der Waals surface area contributed by atoms with Crippen LogP contribution in [0.25, 0.3) is 0 Å². The molecule has 0 radical (unpaired) electrons. The third-order valence-corrected chi connectivity index (χ3v) is 2.11. The van der Waals surface area contributed by atoms with Crippen LogP contribution in [-0.4, -0.2) is 24.4 Å². The molecule has 0 aliphatic heterocycles. The summed E-state index contributed by atoms with van der Waals surface area (Å²) in [5.41, 5.74) is 5.50. The van der Waals surface area contributed by atoms with Crippen molar-refractivity contribution >= 4 is 5.97 Å². The number of nitrogens with zero attached hydrogens (tertiary/aromatic N) is 1. The monoisotopic (exact) mass is 264 g/mol. The molecule has 18 heavy (non-hydrogen) atoms. The van der Waals surface area contributed by atoms with Crippen LogP contribution in [0.3, 0.4) is 0 Å². The second kappa shape index (κ2) is 5.21. The number of ether oxygens (including phenoxy) is 2. The molecule has 1 aromatic heterocycles. The van der Waals surface area contributed by atoms with Crippen molar-refractivity contribution in [2.75, 3.05) is 7.11 Å². The van der Waals surface area contributed by atoms with Crippen LogP contribution in [0.2, 0.25) is 0 Å². The van der Waals surface area contributed by atoms with Crippen molar-refractivity contribution in [3.05, 3.63) is 23.0 Å². The maximum absolute atomic E-state index is 12.2. The minimum atomic E-state index is -4.93. The Morgan fingerprint density at radius 1 is 1.50 bits per heavy atom. The number of halogens is 3. The molecule has 0 atom stereocenters. The molecule has 0 spiro atoms. The fraction of sp³-hybridized carbons (Fsp3) is 0.400. The molecule has 1 aromatic rings. The topological polar surface area (TPSA) is 74.4 Å². The molecule has 1 rings (SSSR count). The van der Waals surface area contributed by atoms with E-state index in [2.05, 4.69) is 14.5 Å². The predicted octanol–water partition coefficient (Wildman–Crippen LogP) is 1.53. The molecule has 5 nitrogen and oxygen atoms in total. The zero-order valence-electron chi connectivity index (χ0n) is 9.67. The third kappa shape index (κ3) is 3.33. The second-order valence-electron chi connectivity index (χ2n) is 3.32. The predicted molar refractivity (Wildman–Crippen MR) is 54.9 cm³/mol. The minimum Gasteiger partial charge on any atom is -0.464 e. The molecule has 0 aliphatic carbocycles. The highest BCUT2D eigenvalue weighted by molar-refractivity contribution is 5.90. The molecule has 1 heterocycles. The van der Waals surface area contributed by atoms with Crippen molar-refractivity contribution in [2.24, 2.45) is 5.73 Å². The largest absolute Gasteiger partial charge is 0.573 e. The van der Waals surface area contributed by atoms with Gasteiger partial charge in [0.1, 0.15) is 0 Å². The van der Waals surface area contributed by atoms with Gasteiger partial charge in [-0.05, 0) is 18.6 Å². The van der Waals surface area contributed by atoms with Gasteiger partial charge < -0.3 is 15.2 Å². The van der Waals surface area contributed by atoms with Gasteiger partial charge in [0.05, 0.1) is 7.11 Å². The Balaban J connectivity index is 3.30. The number of methoxy groups -OCH3 is 1. The zero-order chi connectivity index (χ0) is 13.9. The van der Waals surface area contributed by atoms with E-state index in [0.717, 1.165) is 13.2 Å². The summed E-state index contributed by atoms with van der Waals surface area (Å²) in [4.78, 5) is 15.0. The number of hydrogen-bond acceptors (Lipinski definition) is 5. The molecule has 2 N–H and O–H groups in total. The molecule has 0 saturated heterocycles. The molecule has 0 saturated carbocycles. The number of carbonyl (C=O) groups excluding carboxylic acids is 1. The molecule has 0 unspecified atom stereocenters. The molecule has 100 valence electrons. The number of carbonyl (C=O) groups is 1. The van der Waals surface area contributed by atoms with Crippen molar-refractivity contribution < 1.29 is 27.4 Å². The van der Waals surface area contributed by atoms with E-state index in [1.165, 1.54) is 6.92 Å². The highest BCUT2D eigenvalue weighted by atomic mass is 19.4. The van der Waals surface area contributed by atoms with Crippen LogP contribution in [0.1, 0.15) is 21.7 Å². The number of esters is 1. The molecular weight excluding hydrogens is 253 g/mol. The summed E-state index contributed by atoms with van der Waals surface area (Å²) in [5.74, 6) is -1.73. The van der Waals surface area contributed by atoms with E-state index >= 15 is 0 Å². The molecule has 0 aliphatic rings. The lowest BCUT2D eigenvalue weighted by atomic mass is 10.1. The molecule has 8 heteroatoms. The normalized spacial score (nSPS) is 11.2. The molecule has 0 fully saturated rings. The lowest BCUT2D eigenvalue weighted by Crippen LogP contribution is -2.21. The molecule has 0 aromatic carbocycles. The summed E-state index contributed by atoms with van der Waals surface area (Å²) in [6, 6.07) is 1.03. The van der Waals surface area contributed by atoms with Crippen molar-refractivity contribution in [1.29, 1.82) is 0 Å². The number of hydrogen-bond donors (Lipinski definition) is 1. The maximum atomic E-state index is 12.2. The molecule has 0 bridgehead atoms. The van der Waals surface area contributed by atoms with Crippen LogP contribution < -0.4 is 10.5 Å². The Morgan fingerprint density at radius 3 is 2.56 bits per heavy atom. The number of alkyl halides is 3. The second-order valence-corrected chi connectivity index (χ2v) is 3.32. The lowest BCUT2D eigenvalue weighted by molar-refractivity contribution is -0.274. The first-order chi connectivity index (χ1) is 8.28. The van der Waals surface area contributed by atoms with Crippen LogP contribution in [0, 0.1) is 6.92 Å². The third-order valence-electron chi connectivity index (χ3n) is 2.11. The van der Waals surface area contributed by atoms with Crippen LogP contribution in [0.15, 0.2) is 6.07 Å². The Hall–Kier alpha value is -1.83. The van der Waals surface area contributed by atoms with Gasteiger partial charge in [-0.1, -0.05) is 0 Å². The Morgan fingerprint density at radius 2 is 2.11 bits per heavy atom. The van der Waals surface area contributed by atoms with Gasteiger partial charge in [-0.3, -0.25) is 0 Å². The van der Waals surface area contributed by atoms with E-state index in [9.17, 15) is 18.0 Å². The fourth-order valence-corrected chi connectivity index (χ4v) is 1.28. The maximum Gasteiger partial charge on any atom is 0.573 e. The van der Waals surface area contributed by atoms with Gasteiger partial charge in [-0.25, -0.2) is 9.78 Å². The van der Waals surface area contributed by atoms with Gasteiger partial charge in [-0.2, -0.15) is 0 Å². The number of pyridine rings is 1. The standard InChI is InChI=1S/C10H11F3N2O3/c1-5-6(4-14)3-7(18-10(11,12)13)8(15-5)9(16)17-2/h3H,4,14H2,1-2H3. The minimum absolute atomic E-state index is 0.0193. The summed E-state index contributed by atoms with van der Waals surface area (Å²) >= 11 is 0. The Kier molecular flexibility index (Phi) is 4.12. The summed E-state index contributed by atoms with van der Waals surface area (Å²) in [6.45, 7) is 1.50. The van der Waals surface area contributed by atoms with E-state index in [-0.39, 0.29) is 6.54 Å². The van der Waals surface area contributed by atoms with Crippen LogP contribution >= 0.6 is 0 Å². The first-order valence-corrected chi connectivity index (χ1v) is 4.83. The molecular formula is C10H11F3N2O3. The van der Waals surface area contributed by atoms with E-state index in [1.807, 2.05) is 0 Å². The number of rotatable bonds is 3. The lowest BCUT2D eigenvalue weighted by Gasteiger charge is -2.14. The van der Waals surface area contributed by atoms with E-state index in [4.69, 9.17) is 5.73 Å². The number of aryl methyl sites for hydroxylation is 1. The van der Waals surface area contributed by atoms with E-state index < -0.39 is 23.8 Å².